The Bertz CT molecular complexity index is 450. The summed E-state index contributed by atoms with van der Waals surface area (Å²) in [5, 5.41) is 9.11. The fourth-order valence-corrected chi connectivity index (χ4v) is 1.81. The van der Waals surface area contributed by atoms with Crippen molar-refractivity contribution in [1.29, 1.82) is 0 Å². The number of aliphatic hydroxyl groups excluding tert-OH is 1. The molecule has 3 heteroatoms. The van der Waals surface area contributed by atoms with Crippen LogP contribution in [-0.2, 0) is 13.2 Å². The first-order valence-electron chi connectivity index (χ1n) is 4.83. The molecule has 2 aromatic rings. The number of aromatic nitrogens is 1. The van der Waals surface area contributed by atoms with E-state index in [0.717, 1.165) is 22.7 Å². The van der Waals surface area contributed by atoms with Crippen molar-refractivity contribution in [2.75, 3.05) is 0 Å². The molecule has 0 amide bonds. The molecule has 0 fully saturated rings. The smallest absolute Gasteiger partial charge is 0.0832 e. The summed E-state index contributed by atoms with van der Waals surface area (Å²) >= 11 is 4.40. The van der Waals surface area contributed by atoms with E-state index in [4.69, 9.17) is 5.11 Å². The van der Waals surface area contributed by atoms with Crippen LogP contribution in [0.4, 0.5) is 0 Å². The first-order valence-corrected chi connectivity index (χ1v) is 5.27. The normalized spacial score (nSPS) is 10.5. The van der Waals surface area contributed by atoms with E-state index in [1.54, 1.807) is 0 Å². The van der Waals surface area contributed by atoms with Crippen molar-refractivity contribution in [3.63, 3.8) is 0 Å². The highest BCUT2D eigenvalue weighted by Gasteiger charge is 2.02. The Balaban J connectivity index is 2.26. The van der Waals surface area contributed by atoms with Gasteiger partial charge in [-0.1, -0.05) is 18.2 Å². The molecule has 1 aromatic heterocycles. The number of rotatable bonds is 3. The summed E-state index contributed by atoms with van der Waals surface area (Å²) in [7, 11) is 0. The maximum absolute atomic E-state index is 9.11. The van der Waals surface area contributed by atoms with Crippen molar-refractivity contribution < 1.29 is 5.11 Å². The molecule has 0 aliphatic heterocycles. The summed E-state index contributed by atoms with van der Waals surface area (Å²) in [6.45, 7) is 0.824. The predicted octanol–water partition coefficient (Wildman–Crippen LogP) is 2.32. The minimum atomic E-state index is 0.0712. The van der Waals surface area contributed by atoms with Crippen LogP contribution in [-0.4, -0.2) is 9.67 Å². The van der Waals surface area contributed by atoms with Crippen LogP contribution in [0.3, 0.4) is 0 Å². The van der Waals surface area contributed by atoms with Gasteiger partial charge in [-0.25, -0.2) is 0 Å². The third-order valence-electron chi connectivity index (χ3n) is 2.42. The molecule has 0 saturated carbocycles. The molecular weight excluding hydrogens is 206 g/mol. The minimum absolute atomic E-state index is 0.0712. The number of hydrogen-bond donors (Lipinski definition) is 2. The molecule has 0 saturated heterocycles. The van der Waals surface area contributed by atoms with Crippen molar-refractivity contribution in [3.05, 3.63) is 53.9 Å². The monoisotopic (exact) mass is 219 g/mol. The second-order valence-electron chi connectivity index (χ2n) is 3.41. The van der Waals surface area contributed by atoms with Gasteiger partial charge in [-0.05, 0) is 23.8 Å². The lowest BCUT2D eigenvalue weighted by Crippen LogP contribution is -2.03. The SMILES string of the molecule is OCc1cccn1Cc1ccccc1S. The van der Waals surface area contributed by atoms with E-state index in [9.17, 15) is 0 Å². The van der Waals surface area contributed by atoms with Crippen LogP contribution in [0.25, 0.3) is 0 Å². The van der Waals surface area contributed by atoms with Crippen LogP contribution >= 0.6 is 12.6 Å². The molecule has 0 aliphatic carbocycles. The van der Waals surface area contributed by atoms with Crippen LogP contribution < -0.4 is 0 Å². The van der Waals surface area contributed by atoms with Gasteiger partial charge in [0.25, 0.3) is 0 Å². The lowest BCUT2D eigenvalue weighted by atomic mass is 10.2. The van der Waals surface area contributed by atoms with E-state index in [1.165, 1.54) is 0 Å². The number of benzene rings is 1. The zero-order valence-electron chi connectivity index (χ0n) is 8.30. The van der Waals surface area contributed by atoms with Gasteiger partial charge in [-0.2, -0.15) is 0 Å². The molecule has 0 unspecified atom stereocenters. The van der Waals surface area contributed by atoms with Crippen LogP contribution in [0, 0.1) is 0 Å². The number of nitrogens with zero attached hydrogens (tertiary/aromatic N) is 1. The molecule has 78 valence electrons. The average molecular weight is 219 g/mol. The maximum atomic E-state index is 9.11. The van der Waals surface area contributed by atoms with Crippen molar-refractivity contribution in [1.82, 2.24) is 4.57 Å². The van der Waals surface area contributed by atoms with Crippen molar-refractivity contribution in [3.8, 4) is 0 Å². The molecule has 0 bridgehead atoms. The van der Waals surface area contributed by atoms with Gasteiger partial charge in [-0.3, -0.25) is 0 Å². The predicted molar refractivity (Wildman–Crippen MR) is 63.2 cm³/mol. The molecule has 0 radical (unpaired) electrons. The van der Waals surface area contributed by atoms with Crippen LogP contribution in [0.15, 0.2) is 47.5 Å². The fraction of sp³-hybridized carbons (Fsp3) is 0.167. The molecular formula is C12H13NOS. The molecule has 1 heterocycles. The summed E-state index contributed by atoms with van der Waals surface area (Å²) in [6, 6.07) is 11.8. The first-order chi connectivity index (χ1) is 7.31. The summed E-state index contributed by atoms with van der Waals surface area (Å²) < 4.78 is 2.02. The Kier molecular flexibility index (Phi) is 3.14. The zero-order chi connectivity index (χ0) is 10.7. The second-order valence-corrected chi connectivity index (χ2v) is 3.90. The number of aliphatic hydroxyl groups is 1. The van der Waals surface area contributed by atoms with Gasteiger partial charge in [0.05, 0.1) is 6.61 Å². The molecule has 2 nitrogen and oxygen atoms in total. The van der Waals surface area contributed by atoms with E-state index in [1.807, 2.05) is 47.2 Å². The molecule has 1 aromatic carbocycles. The quantitative estimate of drug-likeness (QED) is 0.761. The summed E-state index contributed by atoms with van der Waals surface area (Å²) in [5.41, 5.74) is 2.08. The van der Waals surface area contributed by atoms with E-state index in [-0.39, 0.29) is 6.61 Å². The van der Waals surface area contributed by atoms with Gasteiger partial charge in [0.1, 0.15) is 0 Å². The Hall–Kier alpha value is -1.19. The van der Waals surface area contributed by atoms with Crippen molar-refractivity contribution in [2.45, 2.75) is 18.0 Å². The van der Waals surface area contributed by atoms with E-state index < -0.39 is 0 Å². The van der Waals surface area contributed by atoms with Gasteiger partial charge >= 0.3 is 0 Å². The zero-order valence-corrected chi connectivity index (χ0v) is 9.19. The average Bonchev–Trinajstić information content (AvgIpc) is 2.69. The largest absolute Gasteiger partial charge is 0.390 e. The van der Waals surface area contributed by atoms with Gasteiger partial charge in [0, 0.05) is 23.3 Å². The van der Waals surface area contributed by atoms with Crippen LogP contribution in [0.1, 0.15) is 11.3 Å². The van der Waals surface area contributed by atoms with Gasteiger partial charge in [0.15, 0.2) is 0 Å². The molecule has 1 N–H and O–H groups in total. The Morgan fingerprint density at radius 3 is 2.67 bits per heavy atom. The lowest BCUT2D eigenvalue weighted by molar-refractivity contribution is 0.271. The lowest BCUT2D eigenvalue weighted by Gasteiger charge is -2.09. The molecule has 0 atom stereocenters. The topological polar surface area (TPSA) is 25.2 Å². The third kappa shape index (κ3) is 2.25. The third-order valence-corrected chi connectivity index (χ3v) is 2.85. The summed E-state index contributed by atoms with van der Waals surface area (Å²) in [6.07, 6.45) is 1.96. The van der Waals surface area contributed by atoms with Gasteiger partial charge in [0.2, 0.25) is 0 Å². The van der Waals surface area contributed by atoms with Gasteiger partial charge in [-0.15, -0.1) is 12.6 Å². The Morgan fingerprint density at radius 1 is 1.13 bits per heavy atom. The molecule has 0 spiro atoms. The van der Waals surface area contributed by atoms with E-state index >= 15 is 0 Å². The standard InChI is InChI=1S/C12H13NOS/c14-9-11-5-3-7-13(11)8-10-4-1-2-6-12(10)15/h1-7,14-15H,8-9H2. The Labute approximate surface area is 94.6 Å². The van der Waals surface area contributed by atoms with Crippen molar-refractivity contribution in [2.24, 2.45) is 0 Å². The highest BCUT2D eigenvalue weighted by atomic mass is 32.1. The number of thiol groups is 1. The van der Waals surface area contributed by atoms with E-state index in [0.29, 0.717) is 0 Å². The fourth-order valence-electron chi connectivity index (χ4n) is 1.58. The molecule has 0 aliphatic rings. The first kappa shape index (κ1) is 10.3. The highest BCUT2D eigenvalue weighted by Crippen LogP contribution is 2.15. The van der Waals surface area contributed by atoms with E-state index in [2.05, 4.69) is 12.6 Å². The van der Waals surface area contributed by atoms with Crippen LogP contribution in [0.5, 0.6) is 0 Å². The van der Waals surface area contributed by atoms with Gasteiger partial charge < -0.3 is 9.67 Å². The van der Waals surface area contributed by atoms with Crippen molar-refractivity contribution >= 4 is 12.6 Å². The van der Waals surface area contributed by atoms with Crippen LogP contribution in [0.2, 0.25) is 0 Å². The second kappa shape index (κ2) is 4.55. The Morgan fingerprint density at radius 2 is 1.93 bits per heavy atom. The molecule has 2 rings (SSSR count). The number of hydrogen-bond acceptors (Lipinski definition) is 2. The summed E-state index contributed by atoms with van der Waals surface area (Å²) in [4.78, 5) is 0.982. The summed E-state index contributed by atoms with van der Waals surface area (Å²) in [5.74, 6) is 0. The highest BCUT2D eigenvalue weighted by molar-refractivity contribution is 7.80. The maximum Gasteiger partial charge on any atom is 0.0832 e. The molecule has 15 heavy (non-hydrogen) atoms. The minimum Gasteiger partial charge on any atom is -0.390 e.